The molecule has 3 aromatic rings. The molecule has 0 spiro atoms. The van der Waals surface area contributed by atoms with Crippen LogP contribution in [0, 0.1) is 0 Å². The smallest absolute Gasteiger partial charge is 0.127 e. The Morgan fingerprint density at radius 1 is 1.00 bits per heavy atom. The predicted molar refractivity (Wildman–Crippen MR) is 88.0 cm³/mol. The topological polar surface area (TPSA) is 49.8 Å². The molecule has 0 aliphatic rings. The molecule has 0 fully saturated rings. The molecule has 3 rings (SSSR count). The fourth-order valence-electron chi connectivity index (χ4n) is 2.23. The number of benzene rings is 1. The van der Waals surface area contributed by atoms with Gasteiger partial charge in [0, 0.05) is 41.8 Å². The maximum Gasteiger partial charge on any atom is 0.127 e. The van der Waals surface area contributed by atoms with Crippen molar-refractivity contribution in [3.05, 3.63) is 54.9 Å². The standard InChI is InChI=1S/C17H18N4/c1-2-9-19-17-12-13(8-11-20-17)21-16-7-3-6-15-14(16)5-4-10-18-15/h3-8,10-12H,2,9H2,1H3,(H2,19,20,21). The number of rotatable bonds is 5. The molecule has 0 radical (unpaired) electrons. The van der Waals surface area contributed by atoms with E-state index in [4.69, 9.17) is 0 Å². The third-order valence-electron chi connectivity index (χ3n) is 3.24. The van der Waals surface area contributed by atoms with Crippen LogP contribution in [-0.2, 0) is 0 Å². The van der Waals surface area contributed by atoms with Crippen LogP contribution in [0.15, 0.2) is 54.9 Å². The van der Waals surface area contributed by atoms with Crippen molar-refractivity contribution in [1.29, 1.82) is 0 Å². The third-order valence-corrected chi connectivity index (χ3v) is 3.24. The number of nitrogens with zero attached hydrogens (tertiary/aromatic N) is 2. The Bertz CT molecular complexity index is 734. The zero-order chi connectivity index (χ0) is 14.5. The van der Waals surface area contributed by atoms with Gasteiger partial charge in [0.15, 0.2) is 0 Å². The second kappa shape index (κ2) is 6.22. The van der Waals surface area contributed by atoms with Crippen molar-refractivity contribution in [2.75, 3.05) is 17.2 Å². The first kappa shape index (κ1) is 13.4. The summed E-state index contributed by atoms with van der Waals surface area (Å²) in [6.07, 6.45) is 4.70. The third kappa shape index (κ3) is 3.11. The van der Waals surface area contributed by atoms with Crippen LogP contribution in [-0.4, -0.2) is 16.5 Å². The molecule has 0 saturated carbocycles. The molecule has 2 heterocycles. The van der Waals surface area contributed by atoms with Gasteiger partial charge < -0.3 is 10.6 Å². The Labute approximate surface area is 124 Å². The summed E-state index contributed by atoms with van der Waals surface area (Å²) in [5.74, 6) is 0.889. The molecule has 1 aromatic carbocycles. The van der Waals surface area contributed by atoms with Crippen molar-refractivity contribution < 1.29 is 0 Å². The van der Waals surface area contributed by atoms with Gasteiger partial charge in [-0.2, -0.15) is 0 Å². The van der Waals surface area contributed by atoms with Crippen LogP contribution in [0.1, 0.15) is 13.3 Å². The van der Waals surface area contributed by atoms with E-state index in [1.54, 1.807) is 0 Å². The summed E-state index contributed by atoms with van der Waals surface area (Å²) in [7, 11) is 0. The minimum absolute atomic E-state index is 0.889. The Morgan fingerprint density at radius 3 is 2.86 bits per heavy atom. The lowest BCUT2D eigenvalue weighted by atomic mass is 10.2. The minimum Gasteiger partial charge on any atom is -0.370 e. The molecule has 0 saturated heterocycles. The van der Waals surface area contributed by atoms with Crippen molar-refractivity contribution in [3.63, 3.8) is 0 Å². The van der Waals surface area contributed by atoms with E-state index < -0.39 is 0 Å². The highest BCUT2D eigenvalue weighted by Gasteiger charge is 2.02. The van der Waals surface area contributed by atoms with Gasteiger partial charge >= 0.3 is 0 Å². The highest BCUT2D eigenvalue weighted by atomic mass is 15.0. The van der Waals surface area contributed by atoms with E-state index in [-0.39, 0.29) is 0 Å². The molecule has 21 heavy (non-hydrogen) atoms. The van der Waals surface area contributed by atoms with Gasteiger partial charge in [-0.25, -0.2) is 4.98 Å². The van der Waals surface area contributed by atoms with Gasteiger partial charge in [0.2, 0.25) is 0 Å². The zero-order valence-electron chi connectivity index (χ0n) is 12.0. The SMILES string of the molecule is CCCNc1cc(Nc2cccc3ncccc23)ccn1. The van der Waals surface area contributed by atoms with E-state index in [1.165, 1.54) is 0 Å². The fourth-order valence-corrected chi connectivity index (χ4v) is 2.23. The van der Waals surface area contributed by atoms with Crippen LogP contribution in [0.5, 0.6) is 0 Å². The van der Waals surface area contributed by atoms with Crippen molar-refractivity contribution >= 4 is 28.1 Å². The number of nitrogens with one attached hydrogen (secondary N) is 2. The molecule has 106 valence electrons. The molecule has 0 aliphatic heterocycles. The Morgan fingerprint density at radius 2 is 1.95 bits per heavy atom. The number of aromatic nitrogens is 2. The highest BCUT2D eigenvalue weighted by molar-refractivity contribution is 5.93. The molecule has 0 unspecified atom stereocenters. The van der Waals surface area contributed by atoms with Gasteiger partial charge in [0.05, 0.1) is 5.52 Å². The van der Waals surface area contributed by atoms with Crippen LogP contribution in [0.25, 0.3) is 10.9 Å². The number of anilines is 3. The van der Waals surface area contributed by atoms with Crippen LogP contribution >= 0.6 is 0 Å². The Hall–Kier alpha value is -2.62. The second-order valence-electron chi connectivity index (χ2n) is 4.86. The summed E-state index contributed by atoms with van der Waals surface area (Å²) in [6, 6.07) is 14.1. The van der Waals surface area contributed by atoms with Gasteiger partial charge in [-0.3, -0.25) is 4.98 Å². The number of fused-ring (bicyclic) bond motifs is 1. The summed E-state index contributed by atoms with van der Waals surface area (Å²) in [4.78, 5) is 8.69. The van der Waals surface area contributed by atoms with E-state index in [9.17, 15) is 0 Å². The summed E-state index contributed by atoms with van der Waals surface area (Å²) < 4.78 is 0. The van der Waals surface area contributed by atoms with Gasteiger partial charge in [0.25, 0.3) is 0 Å². The number of pyridine rings is 2. The van der Waals surface area contributed by atoms with Crippen LogP contribution in [0.3, 0.4) is 0 Å². The highest BCUT2D eigenvalue weighted by Crippen LogP contribution is 2.25. The second-order valence-corrected chi connectivity index (χ2v) is 4.86. The minimum atomic E-state index is 0.889. The lowest BCUT2D eigenvalue weighted by Gasteiger charge is -2.11. The van der Waals surface area contributed by atoms with E-state index >= 15 is 0 Å². The Kier molecular flexibility index (Phi) is 3.96. The van der Waals surface area contributed by atoms with Gasteiger partial charge in [0.1, 0.15) is 5.82 Å². The van der Waals surface area contributed by atoms with Crippen molar-refractivity contribution in [3.8, 4) is 0 Å². The first-order valence-corrected chi connectivity index (χ1v) is 7.17. The van der Waals surface area contributed by atoms with E-state index in [2.05, 4.69) is 39.7 Å². The molecular formula is C17H18N4. The van der Waals surface area contributed by atoms with E-state index in [1.807, 2.05) is 42.7 Å². The lowest BCUT2D eigenvalue weighted by molar-refractivity contribution is 0.969. The van der Waals surface area contributed by atoms with Crippen molar-refractivity contribution in [2.24, 2.45) is 0 Å². The Balaban J connectivity index is 1.88. The molecule has 2 aromatic heterocycles. The monoisotopic (exact) mass is 278 g/mol. The van der Waals surface area contributed by atoms with Gasteiger partial charge in [-0.05, 0) is 36.8 Å². The normalized spacial score (nSPS) is 10.5. The first-order chi connectivity index (χ1) is 10.4. The summed E-state index contributed by atoms with van der Waals surface area (Å²) >= 11 is 0. The van der Waals surface area contributed by atoms with Crippen LogP contribution in [0.4, 0.5) is 17.2 Å². The number of hydrogen-bond donors (Lipinski definition) is 2. The van der Waals surface area contributed by atoms with Crippen molar-refractivity contribution in [1.82, 2.24) is 9.97 Å². The largest absolute Gasteiger partial charge is 0.370 e. The first-order valence-electron chi connectivity index (χ1n) is 7.17. The average molecular weight is 278 g/mol. The molecule has 4 nitrogen and oxygen atoms in total. The van der Waals surface area contributed by atoms with Crippen LogP contribution in [0.2, 0.25) is 0 Å². The molecule has 0 amide bonds. The van der Waals surface area contributed by atoms with Gasteiger partial charge in [-0.15, -0.1) is 0 Å². The zero-order valence-corrected chi connectivity index (χ0v) is 12.0. The molecule has 4 heteroatoms. The average Bonchev–Trinajstić information content (AvgIpc) is 2.54. The summed E-state index contributed by atoms with van der Waals surface area (Å²) in [6.45, 7) is 3.06. The molecule has 0 aliphatic carbocycles. The van der Waals surface area contributed by atoms with E-state index in [0.717, 1.165) is 41.1 Å². The number of hydrogen-bond acceptors (Lipinski definition) is 4. The summed E-state index contributed by atoms with van der Waals surface area (Å²) in [5, 5.41) is 7.85. The maximum absolute atomic E-state index is 4.38. The van der Waals surface area contributed by atoms with Crippen LogP contribution < -0.4 is 10.6 Å². The quantitative estimate of drug-likeness (QED) is 0.734. The summed E-state index contributed by atoms with van der Waals surface area (Å²) in [5.41, 5.74) is 3.05. The van der Waals surface area contributed by atoms with Crippen molar-refractivity contribution in [2.45, 2.75) is 13.3 Å². The fraction of sp³-hybridized carbons (Fsp3) is 0.176. The maximum atomic E-state index is 4.38. The van der Waals surface area contributed by atoms with Gasteiger partial charge in [-0.1, -0.05) is 13.0 Å². The van der Waals surface area contributed by atoms with E-state index in [0.29, 0.717) is 0 Å². The lowest BCUT2D eigenvalue weighted by Crippen LogP contribution is -2.02. The molecule has 0 bridgehead atoms. The predicted octanol–water partition coefficient (Wildman–Crippen LogP) is 4.20. The molecular weight excluding hydrogens is 260 g/mol. The molecule has 2 N–H and O–H groups in total. The molecule has 0 atom stereocenters.